The Morgan fingerprint density at radius 1 is 1.21 bits per heavy atom. The summed E-state index contributed by atoms with van der Waals surface area (Å²) >= 11 is 0. The number of amides is 1. The second-order valence-electron chi connectivity index (χ2n) is 5.73. The molecule has 0 N–H and O–H groups in total. The molecular weight excluding hydrogens is 244 g/mol. The van der Waals surface area contributed by atoms with Gasteiger partial charge in [0, 0.05) is 39.1 Å². The van der Waals surface area contributed by atoms with Crippen LogP contribution < -0.4 is 0 Å². The van der Waals surface area contributed by atoms with Gasteiger partial charge in [0.1, 0.15) is 5.60 Å². The first-order valence-electron chi connectivity index (χ1n) is 6.67. The summed E-state index contributed by atoms with van der Waals surface area (Å²) in [6, 6.07) is 0. The lowest BCUT2D eigenvalue weighted by atomic mass is 10.2. The molecule has 1 heterocycles. The van der Waals surface area contributed by atoms with Gasteiger partial charge < -0.3 is 9.64 Å². The van der Waals surface area contributed by atoms with Crippen molar-refractivity contribution in [2.45, 2.75) is 32.8 Å². The van der Waals surface area contributed by atoms with E-state index in [1.165, 1.54) is 6.08 Å². The maximum Gasteiger partial charge on any atom is 0.410 e. The van der Waals surface area contributed by atoms with Gasteiger partial charge in [0.15, 0.2) is 5.78 Å². The molecule has 0 bridgehead atoms. The minimum absolute atomic E-state index is 0.0644. The zero-order chi connectivity index (χ0) is 14.5. The Labute approximate surface area is 115 Å². The molecule has 1 aliphatic heterocycles. The Morgan fingerprint density at radius 3 is 2.26 bits per heavy atom. The molecule has 19 heavy (non-hydrogen) atoms. The van der Waals surface area contributed by atoms with E-state index < -0.39 is 5.60 Å². The normalized spacial score (nSPS) is 17.1. The fraction of sp³-hybridized carbons (Fsp3) is 0.714. The fourth-order valence-electron chi connectivity index (χ4n) is 1.85. The van der Waals surface area contributed by atoms with Crippen molar-refractivity contribution >= 4 is 11.9 Å². The van der Waals surface area contributed by atoms with Crippen LogP contribution in [0.5, 0.6) is 0 Å². The lowest BCUT2D eigenvalue weighted by molar-refractivity contribution is -0.115. The molecule has 1 aliphatic rings. The summed E-state index contributed by atoms with van der Waals surface area (Å²) in [4.78, 5) is 26.9. The number of rotatable bonds is 4. The summed E-state index contributed by atoms with van der Waals surface area (Å²) in [5.74, 6) is 0.0644. The topological polar surface area (TPSA) is 49.9 Å². The predicted molar refractivity (Wildman–Crippen MR) is 74.1 cm³/mol. The van der Waals surface area contributed by atoms with Crippen LogP contribution in [0.3, 0.4) is 0 Å². The summed E-state index contributed by atoms with van der Waals surface area (Å²) in [5, 5.41) is 0. The van der Waals surface area contributed by atoms with Crippen LogP contribution in [0.4, 0.5) is 4.79 Å². The molecule has 5 nitrogen and oxygen atoms in total. The third kappa shape index (κ3) is 5.87. The standard InChI is InChI=1S/C14H24N2O3/c1-5-12(17)6-7-15-8-10-16(11-9-15)13(18)19-14(2,3)4/h5H,1,6-11H2,2-4H3. The van der Waals surface area contributed by atoms with Crippen LogP contribution in [0.25, 0.3) is 0 Å². The van der Waals surface area contributed by atoms with Crippen molar-refractivity contribution in [3.63, 3.8) is 0 Å². The van der Waals surface area contributed by atoms with Crippen LogP contribution in [0, 0.1) is 0 Å². The van der Waals surface area contributed by atoms with Gasteiger partial charge in [0.2, 0.25) is 0 Å². The molecule has 1 fully saturated rings. The van der Waals surface area contributed by atoms with Crippen molar-refractivity contribution in [3.8, 4) is 0 Å². The highest BCUT2D eigenvalue weighted by atomic mass is 16.6. The summed E-state index contributed by atoms with van der Waals surface area (Å²) in [5.41, 5.74) is -0.454. The summed E-state index contributed by atoms with van der Waals surface area (Å²) in [6.45, 7) is 12.6. The highest BCUT2D eigenvalue weighted by molar-refractivity contribution is 5.89. The monoisotopic (exact) mass is 268 g/mol. The number of ether oxygens (including phenoxy) is 1. The highest BCUT2D eigenvalue weighted by Gasteiger charge is 2.25. The van der Waals surface area contributed by atoms with Gasteiger partial charge in [-0.15, -0.1) is 0 Å². The van der Waals surface area contributed by atoms with E-state index in [9.17, 15) is 9.59 Å². The molecule has 1 amide bonds. The van der Waals surface area contributed by atoms with E-state index in [0.29, 0.717) is 19.5 Å². The molecule has 0 atom stereocenters. The molecular formula is C14H24N2O3. The SMILES string of the molecule is C=CC(=O)CCN1CCN(C(=O)OC(C)(C)C)CC1. The summed E-state index contributed by atoms with van der Waals surface area (Å²) in [7, 11) is 0. The van der Waals surface area contributed by atoms with E-state index in [0.717, 1.165) is 19.6 Å². The van der Waals surface area contributed by atoms with E-state index in [1.54, 1.807) is 4.90 Å². The molecule has 5 heteroatoms. The average Bonchev–Trinajstić information content (AvgIpc) is 2.34. The maximum absolute atomic E-state index is 11.9. The molecule has 0 spiro atoms. The van der Waals surface area contributed by atoms with Crippen molar-refractivity contribution in [1.82, 2.24) is 9.80 Å². The van der Waals surface area contributed by atoms with E-state index in [-0.39, 0.29) is 11.9 Å². The van der Waals surface area contributed by atoms with Crippen LogP contribution >= 0.6 is 0 Å². The van der Waals surface area contributed by atoms with Crippen molar-refractivity contribution < 1.29 is 14.3 Å². The van der Waals surface area contributed by atoms with Crippen LogP contribution in [0.15, 0.2) is 12.7 Å². The molecule has 0 aliphatic carbocycles. The number of carbonyl (C=O) groups is 2. The minimum Gasteiger partial charge on any atom is -0.444 e. The van der Waals surface area contributed by atoms with Gasteiger partial charge in [-0.1, -0.05) is 6.58 Å². The molecule has 0 aromatic rings. The molecule has 0 aromatic heterocycles. The molecule has 108 valence electrons. The third-order valence-electron chi connectivity index (χ3n) is 2.93. The Balaban J connectivity index is 2.30. The van der Waals surface area contributed by atoms with Crippen molar-refractivity contribution in [2.75, 3.05) is 32.7 Å². The number of ketones is 1. The summed E-state index contributed by atoms with van der Waals surface area (Å²) in [6.07, 6.45) is 1.60. The van der Waals surface area contributed by atoms with Gasteiger partial charge >= 0.3 is 6.09 Å². The molecule has 1 rings (SSSR count). The molecule has 0 unspecified atom stereocenters. The van der Waals surface area contributed by atoms with E-state index >= 15 is 0 Å². The number of carbonyl (C=O) groups excluding carboxylic acids is 2. The first kappa shape index (κ1) is 15.7. The molecule has 0 aromatic carbocycles. The first-order valence-corrected chi connectivity index (χ1v) is 6.67. The van der Waals surface area contributed by atoms with Crippen LogP contribution in [0.1, 0.15) is 27.2 Å². The Bertz CT molecular complexity index is 339. The van der Waals surface area contributed by atoms with Crippen LogP contribution in [-0.2, 0) is 9.53 Å². The van der Waals surface area contributed by atoms with E-state index in [4.69, 9.17) is 4.74 Å². The van der Waals surface area contributed by atoms with E-state index in [1.807, 2.05) is 20.8 Å². The minimum atomic E-state index is -0.454. The lowest BCUT2D eigenvalue weighted by Gasteiger charge is -2.35. The van der Waals surface area contributed by atoms with Gasteiger partial charge in [-0.25, -0.2) is 4.79 Å². The highest BCUT2D eigenvalue weighted by Crippen LogP contribution is 2.11. The largest absolute Gasteiger partial charge is 0.444 e. The van der Waals surface area contributed by atoms with Crippen molar-refractivity contribution in [2.24, 2.45) is 0 Å². The number of hydrogen-bond acceptors (Lipinski definition) is 4. The zero-order valence-corrected chi connectivity index (χ0v) is 12.1. The van der Waals surface area contributed by atoms with Crippen LogP contribution in [0.2, 0.25) is 0 Å². The fourth-order valence-corrected chi connectivity index (χ4v) is 1.85. The quantitative estimate of drug-likeness (QED) is 0.728. The zero-order valence-electron chi connectivity index (χ0n) is 12.1. The lowest BCUT2D eigenvalue weighted by Crippen LogP contribution is -2.50. The third-order valence-corrected chi connectivity index (χ3v) is 2.93. The Kier molecular flexibility index (Phi) is 5.54. The average molecular weight is 268 g/mol. The first-order chi connectivity index (χ1) is 8.81. The van der Waals surface area contributed by atoms with Crippen LogP contribution in [-0.4, -0.2) is 60.0 Å². The predicted octanol–water partition coefficient (Wildman–Crippen LogP) is 1.68. The number of allylic oxidation sites excluding steroid dienone is 1. The van der Waals surface area contributed by atoms with Gasteiger partial charge in [0.25, 0.3) is 0 Å². The van der Waals surface area contributed by atoms with Gasteiger partial charge in [0.05, 0.1) is 0 Å². The molecule has 0 radical (unpaired) electrons. The Hall–Kier alpha value is -1.36. The van der Waals surface area contributed by atoms with Gasteiger partial charge in [-0.2, -0.15) is 0 Å². The summed E-state index contributed by atoms with van der Waals surface area (Å²) < 4.78 is 5.33. The number of hydrogen-bond donors (Lipinski definition) is 0. The Morgan fingerprint density at radius 2 is 1.79 bits per heavy atom. The van der Waals surface area contributed by atoms with E-state index in [2.05, 4.69) is 11.5 Å². The molecule has 1 saturated heterocycles. The molecule has 0 saturated carbocycles. The van der Waals surface area contributed by atoms with Gasteiger partial charge in [-0.3, -0.25) is 9.69 Å². The second kappa shape index (κ2) is 6.70. The van der Waals surface area contributed by atoms with Crippen molar-refractivity contribution in [3.05, 3.63) is 12.7 Å². The smallest absolute Gasteiger partial charge is 0.410 e. The second-order valence-corrected chi connectivity index (χ2v) is 5.73. The maximum atomic E-state index is 11.9. The van der Waals surface area contributed by atoms with Gasteiger partial charge in [-0.05, 0) is 26.8 Å². The van der Waals surface area contributed by atoms with Crippen molar-refractivity contribution in [1.29, 1.82) is 0 Å². The number of piperazine rings is 1. The number of nitrogens with zero attached hydrogens (tertiary/aromatic N) is 2.